The van der Waals surface area contributed by atoms with Crippen molar-refractivity contribution in [2.45, 2.75) is 44.9 Å². The van der Waals surface area contributed by atoms with E-state index in [1.165, 1.54) is 32.1 Å². The largest absolute Gasteiger partial charge is 0.469 e. The van der Waals surface area contributed by atoms with Crippen molar-refractivity contribution < 1.29 is 4.42 Å². The van der Waals surface area contributed by atoms with Crippen LogP contribution in [0, 0.1) is 0 Å². The van der Waals surface area contributed by atoms with Gasteiger partial charge < -0.3 is 9.32 Å². The minimum atomic E-state index is 0.608. The van der Waals surface area contributed by atoms with E-state index >= 15 is 0 Å². The third-order valence-electron chi connectivity index (χ3n) is 3.82. The average molecular weight is 349 g/mol. The van der Waals surface area contributed by atoms with Crippen LogP contribution in [-0.2, 0) is 6.42 Å². The molecule has 2 heterocycles. The van der Waals surface area contributed by atoms with E-state index in [9.17, 15) is 0 Å². The van der Waals surface area contributed by atoms with Crippen LogP contribution in [-0.4, -0.2) is 15.8 Å². The Labute approximate surface area is 149 Å². The Morgan fingerprint density at radius 3 is 2.52 bits per heavy atom. The number of hydrogen-bond donors (Lipinski definition) is 1. The molecule has 0 aliphatic carbocycles. The Bertz CT molecular complexity index is 558. The molecule has 3 nitrogen and oxygen atoms in total. The molecule has 2 aromatic heterocycles. The van der Waals surface area contributed by atoms with E-state index in [0.717, 1.165) is 30.8 Å². The highest BCUT2D eigenvalue weighted by molar-refractivity contribution is 8.11. The van der Waals surface area contributed by atoms with E-state index in [-0.39, 0.29) is 0 Å². The summed E-state index contributed by atoms with van der Waals surface area (Å²) < 4.78 is 5.95. The normalized spacial score (nSPS) is 10.7. The fourth-order valence-electron chi connectivity index (χ4n) is 2.58. The van der Waals surface area contributed by atoms with Gasteiger partial charge in [0.2, 0.25) is 0 Å². The number of thiocarbonyl (C=S) groups is 1. The molecule has 0 N–H and O–H groups in total. The zero-order chi connectivity index (χ0) is 16.3. The maximum absolute atomic E-state index is 5.34. The summed E-state index contributed by atoms with van der Waals surface area (Å²) >= 11 is 9.55. The van der Waals surface area contributed by atoms with Gasteiger partial charge in [0, 0.05) is 19.2 Å². The average Bonchev–Trinajstić information content (AvgIpc) is 3.07. The summed E-state index contributed by atoms with van der Waals surface area (Å²) in [6.45, 7) is 0.903. The number of pyridine rings is 1. The van der Waals surface area contributed by atoms with Gasteiger partial charge in [0.15, 0.2) is 0 Å². The van der Waals surface area contributed by atoms with Crippen LogP contribution in [0.5, 0.6) is 0 Å². The Morgan fingerprint density at radius 1 is 1.09 bits per heavy atom. The predicted octanol–water partition coefficient (Wildman–Crippen LogP) is 5.28. The molecule has 23 heavy (non-hydrogen) atoms. The first-order valence-electron chi connectivity index (χ1n) is 8.20. The Morgan fingerprint density at radius 2 is 1.87 bits per heavy atom. The molecule has 2 aromatic rings. The highest BCUT2D eigenvalue weighted by Crippen LogP contribution is 2.16. The van der Waals surface area contributed by atoms with Crippen molar-refractivity contribution in [3.05, 3.63) is 48.7 Å². The lowest BCUT2D eigenvalue weighted by atomic mass is 10.1. The number of nitrogens with zero attached hydrogens (tertiary/aromatic N) is 2. The zero-order valence-corrected chi connectivity index (χ0v) is 15.1. The second-order valence-electron chi connectivity index (χ2n) is 5.60. The van der Waals surface area contributed by atoms with Crippen LogP contribution in [0.25, 0.3) is 0 Å². The smallest absolute Gasteiger partial charge is 0.137 e. The molecule has 0 aromatic carbocycles. The van der Waals surface area contributed by atoms with E-state index in [0.29, 0.717) is 4.32 Å². The van der Waals surface area contributed by atoms with Crippen molar-refractivity contribution in [3.8, 4) is 0 Å². The molecule has 124 valence electrons. The van der Waals surface area contributed by atoms with Crippen molar-refractivity contribution in [1.82, 2.24) is 4.98 Å². The van der Waals surface area contributed by atoms with Crippen LogP contribution >= 0.6 is 24.8 Å². The molecule has 0 spiro atoms. The first-order chi connectivity index (χ1) is 11.3. The second-order valence-corrected chi connectivity index (χ2v) is 6.71. The van der Waals surface area contributed by atoms with Crippen molar-refractivity contribution >= 4 is 34.9 Å². The molecule has 0 radical (unpaired) electrons. The molecule has 0 aliphatic rings. The summed E-state index contributed by atoms with van der Waals surface area (Å²) in [6.07, 6.45) is 13.7. The summed E-state index contributed by atoms with van der Waals surface area (Å²) in [6, 6.07) is 7.94. The summed E-state index contributed by atoms with van der Waals surface area (Å²) in [5.74, 6) is 1.10. The van der Waals surface area contributed by atoms with Gasteiger partial charge in [-0.2, -0.15) is 0 Å². The number of thiol groups is 1. The van der Waals surface area contributed by atoms with Crippen LogP contribution in [0.2, 0.25) is 0 Å². The maximum Gasteiger partial charge on any atom is 0.137 e. The van der Waals surface area contributed by atoms with Gasteiger partial charge in [-0.25, -0.2) is 0 Å². The number of unbranched alkanes of at least 4 members (excludes halogenated alkanes) is 5. The number of rotatable bonds is 10. The van der Waals surface area contributed by atoms with Crippen LogP contribution in [0.3, 0.4) is 0 Å². The molecule has 0 amide bonds. The molecular weight excluding hydrogens is 324 g/mol. The number of aryl methyl sites for hydroxylation is 1. The van der Waals surface area contributed by atoms with Gasteiger partial charge in [-0.3, -0.25) is 4.98 Å². The molecule has 0 saturated heterocycles. The van der Waals surface area contributed by atoms with Gasteiger partial charge >= 0.3 is 0 Å². The Hall–Kier alpha value is -1.33. The van der Waals surface area contributed by atoms with Crippen molar-refractivity contribution in [2.24, 2.45) is 0 Å². The van der Waals surface area contributed by atoms with Crippen LogP contribution in [0.4, 0.5) is 5.69 Å². The monoisotopic (exact) mass is 348 g/mol. The van der Waals surface area contributed by atoms with Crippen molar-refractivity contribution in [1.29, 1.82) is 0 Å². The topological polar surface area (TPSA) is 29.3 Å². The SMILES string of the molecule is S=C(S)N(CCCCCCCCc1ccco1)c1cccnc1. The van der Waals surface area contributed by atoms with Gasteiger partial charge in [0.25, 0.3) is 0 Å². The number of aromatic nitrogens is 1. The minimum absolute atomic E-state index is 0.608. The van der Waals surface area contributed by atoms with E-state index in [2.05, 4.69) is 17.6 Å². The standard InChI is InChI=1S/C18H24N2OS2/c22-18(23)20(16-9-7-12-19-15-16)13-6-4-2-1-3-5-10-17-11-8-14-21-17/h7-9,11-12,14-15H,1-6,10,13H2,(H,22,23). The van der Waals surface area contributed by atoms with E-state index in [1.54, 1.807) is 12.5 Å². The van der Waals surface area contributed by atoms with Crippen molar-refractivity contribution in [3.63, 3.8) is 0 Å². The quantitative estimate of drug-likeness (QED) is 0.359. The molecule has 0 atom stereocenters. The Kier molecular flexibility index (Phi) is 8.18. The first-order valence-corrected chi connectivity index (χ1v) is 9.06. The van der Waals surface area contributed by atoms with Gasteiger partial charge in [-0.1, -0.05) is 37.9 Å². The summed E-state index contributed by atoms with van der Waals surface area (Å²) in [7, 11) is 0. The van der Waals surface area contributed by atoms with Crippen LogP contribution in [0.1, 0.15) is 44.3 Å². The minimum Gasteiger partial charge on any atom is -0.469 e. The Balaban J connectivity index is 1.56. The number of hydrogen-bond acceptors (Lipinski definition) is 3. The van der Waals surface area contributed by atoms with Crippen molar-refractivity contribution in [2.75, 3.05) is 11.4 Å². The molecular formula is C18H24N2OS2. The summed E-state index contributed by atoms with van der Waals surface area (Å²) in [5.41, 5.74) is 1.02. The number of anilines is 1. The molecule has 2 rings (SSSR count). The zero-order valence-electron chi connectivity index (χ0n) is 13.4. The van der Waals surface area contributed by atoms with Gasteiger partial charge in [-0.05, 0) is 37.1 Å². The van der Waals surface area contributed by atoms with E-state index < -0.39 is 0 Å². The third-order valence-corrected chi connectivity index (χ3v) is 4.29. The first kappa shape index (κ1) is 18.0. The van der Waals surface area contributed by atoms with Gasteiger partial charge in [0.05, 0.1) is 18.1 Å². The lowest BCUT2D eigenvalue weighted by Gasteiger charge is -2.22. The third kappa shape index (κ3) is 6.75. The second kappa shape index (κ2) is 10.4. The van der Waals surface area contributed by atoms with E-state index in [4.69, 9.17) is 16.6 Å². The highest BCUT2D eigenvalue weighted by Gasteiger charge is 2.08. The fraction of sp³-hybridized carbons (Fsp3) is 0.444. The molecule has 5 heteroatoms. The molecule has 0 fully saturated rings. The van der Waals surface area contributed by atoms with E-state index in [1.807, 2.05) is 35.4 Å². The molecule has 0 unspecified atom stereocenters. The lowest BCUT2D eigenvalue weighted by molar-refractivity contribution is 0.491. The highest BCUT2D eigenvalue weighted by atomic mass is 32.1. The van der Waals surface area contributed by atoms with Crippen LogP contribution in [0.15, 0.2) is 47.3 Å². The predicted molar refractivity (Wildman–Crippen MR) is 103 cm³/mol. The summed E-state index contributed by atoms with van der Waals surface area (Å²) in [4.78, 5) is 6.19. The molecule has 0 bridgehead atoms. The van der Waals surface area contributed by atoms with Gasteiger partial charge in [-0.15, -0.1) is 12.6 Å². The molecule has 0 aliphatic heterocycles. The van der Waals surface area contributed by atoms with Gasteiger partial charge in [0.1, 0.15) is 10.1 Å². The number of furan rings is 1. The lowest BCUT2D eigenvalue weighted by Crippen LogP contribution is -2.26. The molecule has 0 saturated carbocycles. The summed E-state index contributed by atoms with van der Waals surface area (Å²) in [5, 5.41) is 0. The van der Waals surface area contributed by atoms with Crippen LogP contribution < -0.4 is 4.90 Å². The fourth-order valence-corrected chi connectivity index (χ4v) is 2.99. The maximum atomic E-state index is 5.34.